The second-order valence-electron chi connectivity index (χ2n) is 4.30. The van der Waals surface area contributed by atoms with E-state index < -0.39 is 11.9 Å². The highest BCUT2D eigenvalue weighted by Gasteiger charge is 2.37. The van der Waals surface area contributed by atoms with Crippen molar-refractivity contribution >= 4 is 5.97 Å². The van der Waals surface area contributed by atoms with Crippen LogP contribution in [0.15, 0.2) is 18.2 Å². The molecule has 0 heterocycles. The quantitative estimate of drug-likeness (QED) is 0.852. The van der Waals surface area contributed by atoms with Crippen LogP contribution in [0.3, 0.4) is 0 Å². The molecule has 0 bridgehead atoms. The van der Waals surface area contributed by atoms with E-state index in [-0.39, 0.29) is 5.92 Å². The number of benzene rings is 1. The van der Waals surface area contributed by atoms with Gasteiger partial charge in [0.1, 0.15) is 11.5 Å². The highest BCUT2D eigenvalue weighted by Crippen LogP contribution is 2.44. The largest absolute Gasteiger partial charge is 0.497 e. The smallest absolute Gasteiger partial charge is 0.311 e. The summed E-state index contributed by atoms with van der Waals surface area (Å²) in [4.78, 5) is 11.3. The number of hydrogen-bond donors (Lipinski definition) is 1. The minimum absolute atomic E-state index is 0.254. The predicted octanol–water partition coefficient (Wildman–Crippen LogP) is 2.28. The summed E-state index contributed by atoms with van der Waals surface area (Å²) in [5.74, 6) is 0.295. The Labute approximate surface area is 100 Å². The van der Waals surface area contributed by atoms with Crippen molar-refractivity contribution in [1.82, 2.24) is 0 Å². The number of rotatable bonds is 5. The number of carboxylic acid groups (broad SMARTS) is 1. The van der Waals surface area contributed by atoms with Gasteiger partial charge in [-0.15, -0.1) is 0 Å². The van der Waals surface area contributed by atoms with E-state index in [1.54, 1.807) is 32.4 Å². The molecule has 0 spiro atoms. The SMILES string of the molecule is COc1cc(OC)cc(C(C(=O)O)C2CC2)c1. The first-order valence-electron chi connectivity index (χ1n) is 5.61. The van der Waals surface area contributed by atoms with Crippen LogP contribution in [0.1, 0.15) is 24.3 Å². The Hall–Kier alpha value is -1.71. The Morgan fingerprint density at radius 2 is 1.76 bits per heavy atom. The van der Waals surface area contributed by atoms with Crippen molar-refractivity contribution in [3.05, 3.63) is 23.8 Å². The van der Waals surface area contributed by atoms with Gasteiger partial charge >= 0.3 is 5.97 Å². The molecule has 0 radical (unpaired) electrons. The first kappa shape index (κ1) is 11.8. The highest BCUT2D eigenvalue weighted by atomic mass is 16.5. The Balaban J connectivity index is 2.37. The molecule has 4 heteroatoms. The monoisotopic (exact) mass is 236 g/mol. The maximum absolute atomic E-state index is 11.3. The molecule has 2 rings (SSSR count). The van der Waals surface area contributed by atoms with Crippen LogP contribution >= 0.6 is 0 Å². The van der Waals surface area contributed by atoms with E-state index in [4.69, 9.17) is 9.47 Å². The summed E-state index contributed by atoms with van der Waals surface area (Å²) in [5, 5.41) is 9.28. The van der Waals surface area contributed by atoms with Crippen LogP contribution in [0.25, 0.3) is 0 Å². The number of carboxylic acids is 1. The van der Waals surface area contributed by atoms with Crippen molar-refractivity contribution in [2.45, 2.75) is 18.8 Å². The lowest BCUT2D eigenvalue weighted by atomic mass is 9.94. The van der Waals surface area contributed by atoms with Crippen LogP contribution < -0.4 is 9.47 Å². The van der Waals surface area contributed by atoms with Gasteiger partial charge in [0.25, 0.3) is 0 Å². The molecule has 0 aliphatic heterocycles. The van der Waals surface area contributed by atoms with Gasteiger partial charge in [0.15, 0.2) is 0 Å². The van der Waals surface area contributed by atoms with E-state index in [2.05, 4.69) is 0 Å². The molecule has 1 N–H and O–H groups in total. The number of carbonyl (C=O) groups is 1. The summed E-state index contributed by atoms with van der Waals surface area (Å²) in [6.45, 7) is 0. The Morgan fingerprint density at radius 1 is 1.24 bits per heavy atom. The van der Waals surface area contributed by atoms with Crippen molar-refractivity contribution in [2.75, 3.05) is 14.2 Å². The van der Waals surface area contributed by atoms with E-state index in [0.29, 0.717) is 11.5 Å². The number of aliphatic carboxylic acids is 1. The molecule has 1 aromatic carbocycles. The van der Waals surface area contributed by atoms with E-state index in [1.165, 1.54) is 0 Å². The van der Waals surface area contributed by atoms with Crippen LogP contribution in [0, 0.1) is 5.92 Å². The van der Waals surface area contributed by atoms with Crippen LogP contribution in [0.2, 0.25) is 0 Å². The molecule has 1 fully saturated rings. The fraction of sp³-hybridized carbons (Fsp3) is 0.462. The molecule has 1 unspecified atom stereocenters. The minimum Gasteiger partial charge on any atom is -0.497 e. The van der Waals surface area contributed by atoms with Gasteiger partial charge in [0.2, 0.25) is 0 Å². The van der Waals surface area contributed by atoms with E-state index in [1.807, 2.05) is 0 Å². The fourth-order valence-electron chi connectivity index (χ4n) is 2.05. The second-order valence-corrected chi connectivity index (χ2v) is 4.30. The van der Waals surface area contributed by atoms with Gasteiger partial charge in [0, 0.05) is 6.07 Å². The topological polar surface area (TPSA) is 55.8 Å². The Bertz CT molecular complexity index is 401. The molecule has 0 amide bonds. The number of ether oxygens (including phenoxy) is 2. The molecule has 0 aromatic heterocycles. The van der Waals surface area contributed by atoms with Crippen LogP contribution in [0.5, 0.6) is 11.5 Å². The molecule has 1 atom stereocenters. The van der Waals surface area contributed by atoms with Gasteiger partial charge in [-0.3, -0.25) is 4.79 Å². The van der Waals surface area contributed by atoms with Crippen molar-refractivity contribution in [3.8, 4) is 11.5 Å². The van der Waals surface area contributed by atoms with Crippen LogP contribution in [0.4, 0.5) is 0 Å². The molecular weight excluding hydrogens is 220 g/mol. The number of hydrogen-bond acceptors (Lipinski definition) is 3. The molecule has 0 saturated heterocycles. The maximum atomic E-state index is 11.3. The van der Waals surface area contributed by atoms with Crippen molar-refractivity contribution < 1.29 is 19.4 Å². The average Bonchev–Trinajstić information content (AvgIpc) is 3.12. The van der Waals surface area contributed by atoms with E-state index >= 15 is 0 Å². The Morgan fingerprint density at radius 3 is 2.12 bits per heavy atom. The standard InChI is InChI=1S/C13H16O4/c1-16-10-5-9(6-11(7-10)17-2)12(13(14)15)8-3-4-8/h5-8,12H,3-4H2,1-2H3,(H,14,15). The molecule has 1 saturated carbocycles. The van der Waals surface area contributed by atoms with Gasteiger partial charge < -0.3 is 14.6 Å². The first-order chi connectivity index (χ1) is 8.15. The third-order valence-electron chi connectivity index (χ3n) is 3.09. The lowest BCUT2D eigenvalue weighted by Gasteiger charge is -2.14. The normalized spacial score (nSPS) is 16.4. The summed E-state index contributed by atoms with van der Waals surface area (Å²) in [7, 11) is 3.12. The lowest BCUT2D eigenvalue weighted by Crippen LogP contribution is -2.13. The summed E-state index contributed by atoms with van der Waals surface area (Å²) in [6, 6.07) is 5.30. The van der Waals surface area contributed by atoms with Crippen LogP contribution in [-0.4, -0.2) is 25.3 Å². The zero-order valence-electron chi connectivity index (χ0n) is 9.97. The maximum Gasteiger partial charge on any atom is 0.311 e. The molecule has 1 aliphatic rings. The van der Waals surface area contributed by atoms with Crippen LogP contribution in [-0.2, 0) is 4.79 Å². The van der Waals surface area contributed by atoms with Gasteiger partial charge in [-0.05, 0) is 36.5 Å². The van der Waals surface area contributed by atoms with Crippen molar-refractivity contribution in [3.63, 3.8) is 0 Å². The molecule has 1 aromatic rings. The van der Waals surface area contributed by atoms with Gasteiger partial charge in [-0.2, -0.15) is 0 Å². The Kier molecular flexibility index (Phi) is 3.22. The summed E-state index contributed by atoms with van der Waals surface area (Å²) in [5.41, 5.74) is 0.760. The van der Waals surface area contributed by atoms with Crippen molar-refractivity contribution in [1.29, 1.82) is 0 Å². The lowest BCUT2D eigenvalue weighted by molar-refractivity contribution is -0.139. The third-order valence-corrected chi connectivity index (χ3v) is 3.09. The summed E-state index contributed by atoms with van der Waals surface area (Å²) < 4.78 is 10.3. The first-order valence-corrected chi connectivity index (χ1v) is 5.61. The molecule has 4 nitrogen and oxygen atoms in total. The molecule has 1 aliphatic carbocycles. The highest BCUT2D eigenvalue weighted by molar-refractivity contribution is 5.77. The molecule has 92 valence electrons. The predicted molar refractivity (Wildman–Crippen MR) is 62.6 cm³/mol. The zero-order valence-corrected chi connectivity index (χ0v) is 9.97. The van der Waals surface area contributed by atoms with E-state index in [9.17, 15) is 9.90 Å². The summed E-state index contributed by atoms with van der Waals surface area (Å²) in [6.07, 6.45) is 1.97. The minimum atomic E-state index is -0.775. The van der Waals surface area contributed by atoms with Gasteiger partial charge in [-0.1, -0.05) is 0 Å². The summed E-state index contributed by atoms with van der Waals surface area (Å²) >= 11 is 0. The second kappa shape index (κ2) is 4.65. The van der Waals surface area contributed by atoms with Gasteiger partial charge in [0.05, 0.1) is 20.1 Å². The average molecular weight is 236 g/mol. The van der Waals surface area contributed by atoms with Gasteiger partial charge in [-0.25, -0.2) is 0 Å². The fourth-order valence-corrected chi connectivity index (χ4v) is 2.05. The zero-order chi connectivity index (χ0) is 12.4. The molecule has 17 heavy (non-hydrogen) atoms. The van der Waals surface area contributed by atoms with Crippen molar-refractivity contribution in [2.24, 2.45) is 5.92 Å². The molecular formula is C13H16O4. The number of methoxy groups -OCH3 is 2. The van der Waals surface area contributed by atoms with E-state index in [0.717, 1.165) is 18.4 Å². The third kappa shape index (κ3) is 2.52.